The van der Waals surface area contributed by atoms with Crippen LogP contribution in [0.1, 0.15) is 32.9 Å². The third-order valence-corrected chi connectivity index (χ3v) is 9.42. The van der Waals surface area contributed by atoms with Gasteiger partial charge in [0, 0.05) is 0 Å². The summed E-state index contributed by atoms with van der Waals surface area (Å²) >= 11 is -1.32. The fraction of sp³-hybridized carbons (Fsp3) is 0.471. The van der Waals surface area contributed by atoms with Gasteiger partial charge < -0.3 is 0 Å². The number of methoxy groups -OCH3 is 2. The van der Waals surface area contributed by atoms with Crippen molar-refractivity contribution in [2.24, 2.45) is 0 Å². The number of esters is 1. The van der Waals surface area contributed by atoms with E-state index in [0.29, 0.717) is 43.0 Å². The summed E-state index contributed by atoms with van der Waals surface area (Å²) in [6.07, 6.45) is 1.11. The number of ether oxygens (including phenoxy) is 3. The fourth-order valence-corrected chi connectivity index (χ4v) is 7.53. The van der Waals surface area contributed by atoms with Gasteiger partial charge in [-0.25, -0.2) is 0 Å². The van der Waals surface area contributed by atoms with Gasteiger partial charge in [0.2, 0.25) is 0 Å². The molecule has 0 unspecified atom stereocenters. The van der Waals surface area contributed by atoms with E-state index in [0.717, 1.165) is 5.56 Å². The molecule has 3 heterocycles. The number of carbonyl (C=O) groups is 3. The molecule has 0 saturated carbocycles. The van der Waals surface area contributed by atoms with Gasteiger partial charge in [-0.3, -0.25) is 0 Å². The molecule has 142 valence electrons. The van der Waals surface area contributed by atoms with Gasteiger partial charge in [-0.2, -0.15) is 0 Å². The van der Waals surface area contributed by atoms with Crippen LogP contribution in [0.5, 0.6) is 11.5 Å². The summed E-state index contributed by atoms with van der Waals surface area (Å²) in [7, 11) is 3.08. The minimum absolute atomic E-state index is 0.246. The predicted octanol–water partition coefficient (Wildman–Crippen LogP) is 0.166. The summed E-state index contributed by atoms with van der Waals surface area (Å²) in [5, 5.41) is 5.08. The molecule has 0 bridgehead atoms. The molecule has 3 aliphatic heterocycles. The zero-order chi connectivity index (χ0) is 19.2. The second kappa shape index (κ2) is 6.86. The molecule has 0 aromatic heterocycles. The summed E-state index contributed by atoms with van der Waals surface area (Å²) < 4.78 is 18.3. The van der Waals surface area contributed by atoms with Crippen molar-refractivity contribution in [3.63, 3.8) is 0 Å². The Morgan fingerprint density at radius 1 is 1.19 bits per heavy atom. The molecule has 10 heteroatoms. The molecule has 4 rings (SSSR count). The molecule has 2 radical (unpaired) electrons. The normalized spacial score (nSPS) is 23.6. The van der Waals surface area contributed by atoms with E-state index in [1.165, 1.54) is 7.11 Å². The number of rotatable bonds is 4. The standard InChI is InChI=1S/C10H9O4.C7H10N3O2.Sn/c1-12-7-3-6-5-14-10(11)9(6)8(4-7)13-2;11-5-7(10-6(12)9-5)1-3-8-4-2-7;/h3-5H,1-2H3;1-4H2,(H2,9,10,11,12);/q;-1;+1. The molecular weight excluding hydrogens is 461 g/mol. The van der Waals surface area contributed by atoms with Crippen LogP contribution in [0.2, 0.25) is 0 Å². The Bertz CT molecular complexity index is 821. The Labute approximate surface area is 166 Å². The molecule has 1 atom stereocenters. The van der Waals surface area contributed by atoms with Crippen LogP contribution < -0.4 is 20.1 Å². The molecule has 1 aromatic rings. The average molecular weight is 480 g/mol. The van der Waals surface area contributed by atoms with Crippen LogP contribution in [0, 0.1) is 0 Å². The Hall–Kier alpha value is -2.01. The number of hydrogen-bond acceptors (Lipinski definition) is 7. The molecule has 2 fully saturated rings. The molecule has 2 N–H and O–H groups in total. The quantitative estimate of drug-likeness (QED) is 0.360. The van der Waals surface area contributed by atoms with Crippen LogP contribution in [-0.4, -0.2) is 75.3 Å². The predicted molar refractivity (Wildman–Crippen MR) is 93.7 cm³/mol. The van der Waals surface area contributed by atoms with Crippen LogP contribution in [0.15, 0.2) is 12.1 Å². The minimum atomic E-state index is -1.32. The number of hydrogen-bond donors (Lipinski definition) is 2. The molecule has 1 aromatic carbocycles. The number of cyclic esters (lactones) is 1. The monoisotopic (exact) mass is 481 g/mol. The van der Waals surface area contributed by atoms with Crippen molar-refractivity contribution < 1.29 is 28.6 Å². The van der Waals surface area contributed by atoms with E-state index in [4.69, 9.17) is 14.2 Å². The van der Waals surface area contributed by atoms with Crippen LogP contribution in [0.25, 0.3) is 0 Å². The van der Waals surface area contributed by atoms with E-state index in [9.17, 15) is 14.4 Å². The Balaban J connectivity index is 1.49. The summed E-state index contributed by atoms with van der Waals surface area (Å²) in [6.45, 7) is 1.37. The van der Waals surface area contributed by atoms with Gasteiger partial charge in [0.05, 0.1) is 0 Å². The van der Waals surface area contributed by atoms with E-state index in [2.05, 4.69) is 13.8 Å². The van der Waals surface area contributed by atoms with Crippen LogP contribution in [-0.2, 0) is 9.53 Å². The van der Waals surface area contributed by atoms with Crippen molar-refractivity contribution in [2.75, 3.05) is 27.3 Å². The Morgan fingerprint density at radius 2 is 1.93 bits per heavy atom. The summed E-state index contributed by atoms with van der Waals surface area (Å²) in [5.74, 6) is 0.464. The molecule has 9 nitrogen and oxygen atoms in total. The number of piperidine rings is 1. The maximum absolute atomic E-state index is 12.3. The number of benzene rings is 1. The zero-order valence-electron chi connectivity index (χ0n) is 15.0. The first-order valence-corrected chi connectivity index (χ1v) is 11.5. The van der Waals surface area contributed by atoms with Crippen molar-refractivity contribution in [3.05, 3.63) is 23.3 Å². The molecule has 2 saturated heterocycles. The van der Waals surface area contributed by atoms with E-state index >= 15 is 0 Å². The second-order valence-electron chi connectivity index (χ2n) is 6.69. The Morgan fingerprint density at radius 3 is 2.52 bits per heavy atom. The number of fused-ring (bicyclic) bond motifs is 1. The van der Waals surface area contributed by atoms with E-state index in [-0.39, 0.29) is 16.0 Å². The first-order valence-electron chi connectivity index (χ1n) is 8.57. The Kier molecular flexibility index (Phi) is 4.66. The third-order valence-electron chi connectivity index (χ3n) is 5.20. The molecule has 27 heavy (non-hydrogen) atoms. The fourth-order valence-electron chi connectivity index (χ4n) is 3.70. The maximum atomic E-state index is 12.3. The van der Waals surface area contributed by atoms with E-state index < -0.39 is 33.0 Å². The number of nitrogens with one attached hydrogen (secondary N) is 2. The summed E-state index contributed by atoms with van der Waals surface area (Å²) in [6, 6.07) is 3.09. The zero-order valence-corrected chi connectivity index (χ0v) is 17.8. The first kappa shape index (κ1) is 18.4. The van der Waals surface area contributed by atoms with Crippen molar-refractivity contribution in [1.29, 1.82) is 0 Å². The number of amides is 3. The van der Waals surface area contributed by atoms with Gasteiger partial charge in [-0.05, 0) is 0 Å². The number of carbonyl (C=O) groups excluding carboxylic acids is 3. The number of imide groups is 1. The van der Waals surface area contributed by atoms with Gasteiger partial charge in [-0.15, -0.1) is 0 Å². The SMILES string of the molecule is COc1cc(OC)c2c(c1)[C@@H]([Sn][N]1CCC3(CC1)NC(=O)NC3=O)OC2=O. The van der Waals surface area contributed by atoms with Gasteiger partial charge in [0.1, 0.15) is 0 Å². The van der Waals surface area contributed by atoms with Crippen molar-refractivity contribution in [2.45, 2.75) is 22.5 Å². The summed E-state index contributed by atoms with van der Waals surface area (Å²) in [4.78, 5) is 35.9. The van der Waals surface area contributed by atoms with E-state index in [1.807, 2.05) is 6.07 Å². The second-order valence-corrected chi connectivity index (χ2v) is 10.7. The van der Waals surface area contributed by atoms with Crippen LogP contribution in [0.4, 0.5) is 4.79 Å². The molecule has 3 amide bonds. The number of urea groups is 1. The molecule has 0 aliphatic carbocycles. The van der Waals surface area contributed by atoms with Crippen molar-refractivity contribution in [1.82, 2.24) is 13.8 Å². The molecule has 3 aliphatic rings. The van der Waals surface area contributed by atoms with Gasteiger partial charge in [0.25, 0.3) is 0 Å². The van der Waals surface area contributed by atoms with Gasteiger partial charge >= 0.3 is 166 Å². The van der Waals surface area contributed by atoms with Gasteiger partial charge in [-0.1, -0.05) is 0 Å². The average Bonchev–Trinajstić information content (AvgIpc) is 3.12. The molecular formula is C17H19N3O6Sn. The van der Waals surface area contributed by atoms with Crippen molar-refractivity contribution in [3.8, 4) is 11.5 Å². The van der Waals surface area contributed by atoms with Crippen LogP contribution >= 0.6 is 0 Å². The van der Waals surface area contributed by atoms with Crippen LogP contribution in [0.3, 0.4) is 0 Å². The number of nitrogens with zero attached hydrogens (tertiary/aromatic N) is 1. The third kappa shape index (κ3) is 3.12. The molecule has 1 spiro atoms. The summed E-state index contributed by atoms with van der Waals surface area (Å²) in [5.41, 5.74) is 0.499. The van der Waals surface area contributed by atoms with E-state index in [1.54, 1.807) is 13.2 Å². The van der Waals surface area contributed by atoms with Gasteiger partial charge in [0.15, 0.2) is 0 Å². The topological polar surface area (TPSA) is 106 Å². The van der Waals surface area contributed by atoms with Crippen molar-refractivity contribution >= 4 is 39.3 Å². The first-order chi connectivity index (χ1) is 13.0.